The number of rotatable bonds is 0. The Kier molecular flexibility index (Phi) is 2.58. The van der Waals surface area contributed by atoms with Crippen molar-refractivity contribution in [1.29, 1.82) is 0 Å². The maximum atomic E-state index is 13.9. The summed E-state index contributed by atoms with van der Waals surface area (Å²) in [6, 6.07) is 10.3. The molecular weight excluding hydrogens is 269 g/mol. The van der Waals surface area contributed by atoms with Crippen LogP contribution in [0.1, 0.15) is 17.2 Å². The SMILES string of the molecule is O[C@@H]1C=Cc2c(ccc3cc4cccc(F)c4nc23)[C@H]1O. The van der Waals surface area contributed by atoms with Gasteiger partial charge in [0.1, 0.15) is 23.5 Å². The molecule has 1 heterocycles. The Morgan fingerprint density at radius 2 is 1.81 bits per heavy atom. The Hall–Kier alpha value is -2.30. The highest BCUT2D eigenvalue weighted by molar-refractivity contribution is 5.97. The van der Waals surface area contributed by atoms with Crippen LogP contribution in [0, 0.1) is 5.82 Å². The third-order valence-electron chi connectivity index (χ3n) is 3.94. The summed E-state index contributed by atoms with van der Waals surface area (Å²) in [5.41, 5.74) is 2.29. The molecule has 1 aliphatic carbocycles. The standard InChI is InChI=1S/C17H12FNO2/c18-13-3-1-2-9-8-10-4-5-12-11(15(10)19-16(9)13)6-7-14(20)17(12)21/h1-8,14,17,20-21H/t14-,17-/m1/s1. The Labute approximate surface area is 120 Å². The highest BCUT2D eigenvalue weighted by atomic mass is 19.1. The lowest BCUT2D eigenvalue weighted by Crippen LogP contribution is -2.19. The van der Waals surface area contributed by atoms with E-state index in [9.17, 15) is 14.6 Å². The molecule has 4 heteroatoms. The van der Waals surface area contributed by atoms with Crippen LogP contribution in [0.5, 0.6) is 0 Å². The largest absolute Gasteiger partial charge is 0.386 e. The second-order valence-corrected chi connectivity index (χ2v) is 5.23. The zero-order valence-electron chi connectivity index (χ0n) is 11.0. The van der Waals surface area contributed by atoms with Crippen molar-refractivity contribution < 1.29 is 14.6 Å². The van der Waals surface area contributed by atoms with Crippen molar-refractivity contribution in [2.45, 2.75) is 12.2 Å². The van der Waals surface area contributed by atoms with Gasteiger partial charge in [-0.1, -0.05) is 36.4 Å². The monoisotopic (exact) mass is 281 g/mol. The van der Waals surface area contributed by atoms with Crippen LogP contribution in [0.15, 0.2) is 42.5 Å². The number of aromatic nitrogens is 1. The van der Waals surface area contributed by atoms with Crippen LogP contribution in [-0.4, -0.2) is 21.3 Å². The van der Waals surface area contributed by atoms with Crippen LogP contribution >= 0.6 is 0 Å². The minimum absolute atomic E-state index is 0.312. The minimum Gasteiger partial charge on any atom is -0.386 e. The molecular formula is C17H12FNO2. The third-order valence-corrected chi connectivity index (χ3v) is 3.94. The van der Waals surface area contributed by atoms with Gasteiger partial charge in [-0.05, 0) is 17.7 Å². The molecule has 2 aromatic carbocycles. The molecule has 4 rings (SSSR count). The zero-order chi connectivity index (χ0) is 14.6. The molecule has 2 atom stereocenters. The van der Waals surface area contributed by atoms with Crippen molar-refractivity contribution in [3.63, 3.8) is 0 Å². The van der Waals surface area contributed by atoms with E-state index in [1.54, 1.807) is 18.2 Å². The van der Waals surface area contributed by atoms with E-state index in [1.807, 2.05) is 18.2 Å². The minimum atomic E-state index is -0.979. The molecule has 0 saturated carbocycles. The van der Waals surface area contributed by atoms with Gasteiger partial charge in [0.15, 0.2) is 0 Å². The van der Waals surface area contributed by atoms with E-state index in [0.29, 0.717) is 16.6 Å². The molecule has 1 aliphatic rings. The average molecular weight is 281 g/mol. The molecule has 0 unspecified atom stereocenters. The fraction of sp³-hybridized carbons (Fsp3) is 0.118. The molecule has 3 aromatic rings. The first-order valence-electron chi connectivity index (χ1n) is 6.71. The number of benzene rings is 2. The first-order chi connectivity index (χ1) is 10.1. The predicted octanol–water partition coefficient (Wildman–Crippen LogP) is 2.95. The number of hydrogen-bond acceptors (Lipinski definition) is 3. The van der Waals surface area contributed by atoms with Crippen molar-refractivity contribution in [3.05, 3.63) is 59.4 Å². The summed E-state index contributed by atoms with van der Waals surface area (Å²) in [6.45, 7) is 0. The van der Waals surface area contributed by atoms with E-state index in [0.717, 1.165) is 16.3 Å². The molecule has 104 valence electrons. The number of aliphatic hydroxyl groups is 2. The summed E-state index contributed by atoms with van der Waals surface area (Å²) in [6.07, 6.45) is 1.36. The number of nitrogens with zero attached hydrogens (tertiary/aromatic N) is 1. The first kappa shape index (κ1) is 12.4. The molecule has 0 spiro atoms. The summed E-state index contributed by atoms with van der Waals surface area (Å²) < 4.78 is 13.9. The van der Waals surface area contributed by atoms with Gasteiger partial charge in [-0.3, -0.25) is 0 Å². The van der Waals surface area contributed by atoms with Gasteiger partial charge in [-0.25, -0.2) is 9.37 Å². The number of halogens is 1. The van der Waals surface area contributed by atoms with Gasteiger partial charge in [-0.15, -0.1) is 0 Å². The van der Waals surface area contributed by atoms with E-state index < -0.39 is 12.2 Å². The van der Waals surface area contributed by atoms with Gasteiger partial charge in [0, 0.05) is 16.3 Å². The normalized spacial score (nSPS) is 20.9. The maximum Gasteiger partial charge on any atom is 0.149 e. The van der Waals surface area contributed by atoms with Gasteiger partial charge in [-0.2, -0.15) is 0 Å². The average Bonchev–Trinajstić information content (AvgIpc) is 2.49. The van der Waals surface area contributed by atoms with Crippen molar-refractivity contribution in [1.82, 2.24) is 4.98 Å². The molecule has 0 radical (unpaired) electrons. The quantitative estimate of drug-likeness (QED) is 0.623. The maximum absolute atomic E-state index is 13.9. The fourth-order valence-corrected chi connectivity index (χ4v) is 2.84. The van der Waals surface area contributed by atoms with E-state index in [1.165, 1.54) is 12.1 Å². The number of para-hydroxylation sites is 1. The van der Waals surface area contributed by atoms with E-state index in [2.05, 4.69) is 4.98 Å². The Bertz CT molecular complexity index is 904. The first-order valence-corrected chi connectivity index (χ1v) is 6.71. The van der Waals surface area contributed by atoms with Crippen LogP contribution in [0.3, 0.4) is 0 Å². The van der Waals surface area contributed by atoms with Crippen LogP contribution in [0.2, 0.25) is 0 Å². The highest BCUT2D eigenvalue weighted by Crippen LogP contribution is 2.34. The predicted molar refractivity (Wildman–Crippen MR) is 79.2 cm³/mol. The molecule has 21 heavy (non-hydrogen) atoms. The van der Waals surface area contributed by atoms with Gasteiger partial charge < -0.3 is 10.2 Å². The van der Waals surface area contributed by atoms with E-state index >= 15 is 0 Å². The molecule has 0 fully saturated rings. The Morgan fingerprint density at radius 3 is 2.67 bits per heavy atom. The molecule has 2 N–H and O–H groups in total. The van der Waals surface area contributed by atoms with Crippen LogP contribution in [0.25, 0.3) is 27.9 Å². The lowest BCUT2D eigenvalue weighted by Gasteiger charge is -2.22. The van der Waals surface area contributed by atoms with Crippen molar-refractivity contribution in [2.75, 3.05) is 0 Å². The molecule has 0 saturated heterocycles. The summed E-state index contributed by atoms with van der Waals surface area (Å²) in [5, 5.41) is 21.4. The third kappa shape index (κ3) is 1.77. The van der Waals surface area contributed by atoms with Crippen molar-refractivity contribution >= 4 is 27.9 Å². The molecule has 1 aromatic heterocycles. The number of hydrogen-bond donors (Lipinski definition) is 2. The lowest BCUT2D eigenvalue weighted by atomic mass is 9.90. The topological polar surface area (TPSA) is 53.4 Å². The van der Waals surface area contributed by atoms with Gasteiger partial charge in [0.25, 0.3) is 0 Å². The van der Waals surface area contributed by atoms with Crippen molar-refractivity contribution in [3.8, 4) is 0 Å². The van der Waals surface area contributed by atoms with E-state index in [4.69, 9.17) is 0 Å². The molecule has 0 aliphatic heterocycles. The van der Waals surface area contributed by atoms with Crippen LogP contribution in [0.4, 0.5) is 4.39 Å². The highest BCUT2D eigenvalue weighted by Gasteiger charge is 2.24. The second-order valence-electron chi connectivity index (χ2n) is 5.23. The van der Waals surface area contributed by atoms with Crippen LogP contribution in [-0.2, 0) is 0 Å². The Morgan fingerprint density at radius 1 is 1.00 bits per heavy atom. The zero-order valence-corrected chi connectivity index (χ0v) is 11.0. The lowest BCUT2D eigenvalue weighted by molar-refractivity contribution is 0.0471. The summed E-state index contributed by atoms with van der Waals surface area (Å²) in [7, 11) is 0. The Balaban J connectivity index is 2.11. The van der Waals surface area contributed by atoms with Gasteiger partial charge in [0.2, 0.25) is 0 Å². The number of pyridine rings is 1. The summed E-state index contributed by atoms with van der Waals surface area (Å²) >= 11 is 0. The van der Waals surface area contributed by atoms with Gasteiger partial charge >= 0.3 is 0 Å². The van der Waals surface area contributed by atoms with Crippen LogP contribution < -0.4 is 0 Å². The van der Waals surface area contributed by atoms with Gasteiger partial charge in [0.05, 0.1) is 5.52 Å². The van der Waals surface area contributed by atoms with E-state index in [-0.39, 0.29) is 5.82 Å². The number of fused-ring (bicyclic) bond motifs is 4. The number of aliphatic hydroxyl groups excluding tert-OH is 2. The van der Waals surface area contributed by atoms with Crippen molar-refractivity contribution in [2.24, 2.45) is 0 Å². The fourth-order valence-electron chi connectivity index (χ4n) is 2.84. The second kappa shape index (κ2) is 4.35. The summed E-state index contributed by atoms with van der Waals surface area (Å²) in [5.74, 6) is -0.368. The summed E-state index contributed by atoms with van der Waals surface area (Å²) in [4.78, 5) is 4.43. The molecule has 0 amide bonds. The molecule has 3 nitrogen and oxygen atoms in total. The smallest absolute Gasteiger partial charge is 0.149 e. The molecule has 0 bridgehead atoms.